The molecule has 0 radical (unpaired) electrons. The first-order chi connectivity index (χ1) is 11.8. The van der Waals surface area contributed by atoms with E-state index in [1.165, 1.54) is 19.3 Å². The van der Waals surface area contributed by atoms with Crippen LogP contribution in [0.15, 0.2) is 53.1 Å². The van der Waals surface area contributed by atoms with Gasteiger partial charge in [-0.25, -0.2) is 0 Å². The van der Waals surface area contributed by atoms with Gasteiger partial charge in [0.15, 0.2) is 0 Å². The van der Waals surface area contributed by atoms with Crippen LogP contribution >= 0.6 is 0 Å². The Morgan fingerprint density at radius 2 is 1.96 bits per heavy atom. The third-order valence-electron chi connectivity index (χ3n) is 4.68. The summed E-state index contributed by atoms with van der Waals surface area (Å²) < 4.78 is 16.1. The third kappa shape index (κ3) is 3.05. The van der Waals surface area contributed by atoms with Gasteiger partial charge in [0.2, 0.25) is 0 Å². The van der Waals surface area contributed by atoms with Gasteiger partial charge in [0.05, 0.1) is 0 Å². The Labute approximate surface area is 141 Å². The average molecular weight is 322 g/mol. The molecule has 2 aromatic rings. The number of aliphatic imine (C=N–C) groups is 1. The van der Waals surface area contributed by atoms with E-state index in [9.17, 15) is 4.39 Å². The van der Waals surface area contributed by atoms with Crippen molar-refractivity contribution >= 4 is 23.7 Å². The number of allylic oxidation sites excluding steroid dienone is 3. The molecule has 4 rings (SSSR count). The van der Waals surface area contributed by atoms with Gasteiger partial charge in [0, 0.05) is 0 Å². The van der Waals surface area contributed by atoms with Gasteiger partial charge in [-0.15, -0.1) is 0 Å². The molecule has 2 heterocycles. The molecule has 1 aliphatic carbocycles. The summed E-state index contributed by atoms with van der Waals surface area (Å²) in [6.45, 7) is 0. The van der Waals surface area contributed by atoms with Gasteiger partial charge in [-0.3, -0.25) is 0 Å². The molecule has 1 aliphatic heterocycles. The summed E-state index contributed by atoms with van der Waals surface area (Å²) in [5.41, 5.74) is 0.860. The second-order valence-corrected chi connectivity index (χ2v) is 6.41. The number of rotatable bonds is 2. The second-order valence-electron chi connectivity index (χ2n) is 6.41. The molecule has 0 saturated heterocycles. The molecule has 0 bridgehead atoms. The Hall–Kier alpha value is -2.24. The van der Waals surface area contributed by atoms with Crippen LogP contribution in [0.3, 0.4) is 0 Å². The van der Waals surface area contributed by atoms with Gasteiger partial charge < -0.3 is 0 Å². The molecule has 1 saturated carbocycles. The molecule has 0 atom stereocenters. The minimum absolute atomic E-state index is 0.253. The van der Waals surface area contributed by atoms with E-state index < -0.39 is 0 Å². The van der Waals surface area contributed by atoms with Gasteiger partial charge in [0.1, 0.15) is 0 Å². The van der Waals surface area contributed by atoms with Crippen molar-refractivity contribution in [2.75, 3.05) is 0 Å². The van der Waals surface area contributed by atoms with Crippen LogP contribution < -0.4 is 5.32 Å². The van der Waals surface area contributed by atoms with Crippen LogP contribution in [-0.2, 0) is 0 Å². The van der Waals surface area contributed by atoms with Crippen molar-refractivity contribution in [1.29, 1.82) is 0 Å². The van der Waals surface area contributed by atoms with Gasteiger partial charge in [-0.2, -0.15) is 0 Å². The van der Waals surface area contributed by atoms with Crippen LogP contribution in [0.4, 0.5) is 4.39 Å². The summed E-state index contributed by atoms with van der Waals surface area (Å²) in [6.07, 6.45) is 10.2. The van der Waals surface area contributed by atoms with Crippen molar-refractivity contribution < 1.29 is 4.39 Å². The summed E-state index contributed by atoms with van der Waals surface area (Å²) in [4.78, 5) is 4.57. The van der Waals surface area contributed by atoms with Crippen LogP contribution in [0.1, 0.15) is 38.5 Å². The van der Waals surface area contributed by atoms with Crippen molar-refractivity contribution in [2.45, 2.75) is 44.6 Å². The Morgan fingerprint density at radius 3 is 2.83 bits per heavy atom. The van der Waals surface area contributed by atoms with E-state index in [1.807, 2.05) is 30.3 Å². The topological polar surface area (TPSA) is 42.2 Å². The maximum absolute atomic E-state index is 14.6. The van der Waals surface area contributed by atoms with Gasteiger partial charge in [-0.1, -0.05) is 0 Å². The first kappa shape index (κ1) is 15.3. The fourth-order valence-electron chi connectivity index (χ4n) is 3.41. The number of fused-ring (bicyclic) bond motifs is 1. The maximum atomic E-state index is 14.6. The zero-order valence-corrected chi connectivity index (χ0v) is 13.6. The number of aromatic nitrogens is 2. The van der Waals surface area contributed by atoms with E-state index in [-0.39, 0.29) is 11.7 Å². The zero-order valence-electron chi connectivity index (χ0n) is 13.6. The monoisotopic (exact) mass is 322 g/mol. The third-order valence-corrected chi connectivity index (χ3v) is 4.68. The van der Waals surface area contributed by atoms with E-state index in [4.69, 9.17) is 0 Å². The minimum atomic E-state index is -0.333. The summed E-state index contributed by atoms with van der Waals surface area (Å²) in [5.74, 6) is 0.671. The quantitative estimate of drug-likeness (QED) is 0.917. The molecule has 122 valence electrons. The van der Waals surface area contributed by atoms with Crippen molar-refractivity contribution in [3.8, 4) is 0 Å². The van der Waals surface area contributed by atoms with E-state index in [1.54, 1.807) is 17.8 Å². The molecular weight excluding hydrogens is 302 g/mol. The number of nitrogens with zero attached hydrogens (tertiary/aromatic N) is 3. The van der Waals surface area contributed by atoms with Crippen LogP contribution in [-0.4, -0.2) is 28.6 Å². The predicted octanol–water partition coefficient (Wildman–Crippen LogP) is 3.64. The Morgan fingerprint density at radius 1 is 1.12 bits per heavy atom. The molecule has 1 fully saturated rings. The van der Waals surface area contributed by atoms with E-state index in [2.05, 4.69) is 15.3 Å². The zero-order chi connectivity index (χ0) is 16.4. The summed E-state index contributed by atoms with van der Waals surface area (Å²) in [5, 5.41) is 8.81. The first-order valence-electron chi connectivity index (χ1n) is 8.66. The molecule has 2 aliphatic rings. The standard InChI is InChI=1S/C18H20BFN4/c20-15-10-6-12-17(21-13-7-2-1-3-8-13)22-18(15)24-16-11-5-4-9-14(16)19-23-24/h4-5,9-13,21H,1-3,6-8H2. The Kier molecular flexibility index (Phi) is 4.28. The molecule has 4 nitrogen and oxygen atoms in total. The fraction of sp³-hybridized carbons (Fsp3) is 0.389. The SMILES string of the molecule is FC1=CCC=C(NC2CCCCC2)N=C1n1nbc2ccccc21. The van der Waals surface area contributed by atoms with Gasteiger partial charge in [0.25, 0.3) is 0 Å². The van der Waals surface area contributed by atoms with Gasteiger partial charge >= 0.3 is 141 Å². The number of hydrogen-bond acceptors (Lipinski definition) is 3. The van der Waals surface area contributed by atoms with Crippen LogP contribution in [0.5, 0.6) is 0 Å². The molecule has 0 amide bonds. The van der Waals surface area contributed by atoms with Crippen LogP contribution in [0.2, 0.25) is 0 Å². The number of halogens is 1. The fourth-order valence-corrected chi connectivity index (χ4v) is 3.41. The second kappa shape index (κ2) is 6.71. The van der Waals surface area contributed by atoms with Crippen molar-refractivity contribution in [3.63, 3.8) is 0 Å². The Bertz CT molecular complexity index is 830. The van der Waals surface area contributed by atoms with Crippen LogP contribution in [0.25, 0.3) is 10.8 Å². The van der Waals surface area contributed by atoms with Gasteiger partial charge in [-0.05, 0) is 0 Å². The van der Waals surface area contributed by atoms with Crippen molar-refractivity contribution in [2.24, 2.45) is 4.99 Å². The predicted molar refractivity (Wildman–Crippen MR) is 95.8 cm³/mol. The molecule has 1 aromatic heterocycles. The van der Waals surface area contributed by atoms with E-state index in [0.29, 0.717) is 12.5 Å². The molecule has 0 spiro atoms. The number of benzene rings is 1. The summed E-state index contributed by atoms with van der Waals surface area (Å²) in [6, 6.07) is 8.21. The van der Waals surface area contributed by atoms with E-state index >= 15 is 0 Å². The molecule has 1 N–H and O–H groups in total. The number of para-hydroxylation sites is 1. The normalized spacial score (nSPS) is 19.3. The molecule has 6 heteroatoms. The van der Waals surface area contributed by atoms with Crippen molar-refractivity contribution in [1.82, 2.24) is 15.0 Å². The van der Waals surface area contributed by atoms with Crippen LogP contribution in [0, 0.1) is 0 Å². The molecule has 1 aromatic carbocycles. The summed E-state index contributed by atoms with van der Waals surface area (Å²) >= 11 is 0. The summed E-state index contributed by atoms with van der Waals surface area (Å²) in [7, 11) is 1.74. The number of hydrogen-bond donors (Lipinski definition) is 1. The van der Waals surface area contributed by atoms with Crippen molar-refractivity contribution in [3.05, 3.63) is 48.1 Å². The Balaban J connectivity index is 1.67. The average Bonchev–Trinajstić information content (AvgIpc) is 2.95. The molecule has 0 unspecified atom stereocenters. The molecular formula is C18H20BFN4. The molecule has 24 heavy (non-hydrogen) atoms. The number of nitrogens with one attached hydrogen (secondary N) is 1. The first-order valence-corrected chi connectivity index (χ1v) is 8.66. The van der Waals surface area contributed by atoms with E-state index in [0.717, 1.165) is 29.5 Å².